The molecule has 0 saturated carbocycles. The summed E-state index contributed by atoms with van der Waals surface area (Å²) in [7, 11) is 2.09. The first-order valence-corrected chi connectivity index (χ1v) is 7.01. The van der Waals surface area contributed by atoms with E-state index in [4.69, 9.17) is 0 Å². The Morgan fingerprint density at radius 3 is 1.93 bits per heavy atom. The maximum atomic E-state index is 3.48. The highest BCUT2D eigenvalue weighted by atomic mass is 127. The van der Waals surface area contributed by atoms with Gasteiger partial charge in [-0.1, -0.05) is 63.6 Å². The Labute approximate surface area is 104 Å². The van der Waals surface area contributed by atoms with Crippen LogP contribution in [0.25, 0.3) is 0 Å². The Balaban J connectivity index is 4.37. The predicted molar refractivity (Wildman–Crippen MR) is 74.1 cm³/mol. The molecule has 14 heavy (non-hydrogen) atoms. The first-order valence-electron chi connectivity index (χ1n) is 5.76. The standard InChI is InChI=1S/C12H26IN/c1-7-9(4)12(14-6)11(13)10(5)8(2)3/h8-12,14H,7H2,1-6H3. The van der Waals surface area contributed by atoms with Crippen LogP contribution in [0, 0.1) is 17.8 Å². The van der Waals surface area contributed by atoms with Gasteiger partial charge in [0.15, 0.2) is 0 Å². The molecule has 0 aromatic heterocycles. The minimum Gasteiger partial charge on any atom is -0.316 e. The normalized spacial score (nSPS) is 20.6. The third-order valence-corrected chi connectivity index (χ3v) is 5.40. The van der Waals surface area contributed by atoms with Gasteiger partial charge in [-0.3, -0.25) is 0 Å². The molecule has 1 N–H and O–H groups in total. The number of alkyl halides is 1. The van der Waals surface area contributed by atoms with E-state index < -0.39 is 0 Å². The number of halogens is 1. The van der Waals surface area contributed by atoms with Crippen molar-refractivity contribution in [2.75, 3.05) is 7.05 Å². The van der Waals surface area contributed by atoms with Gasteiger partial charge in [0.2, 0.25) is 0 Å². The molecule has 0 heterocycles. The van der Waals surface area contributed by atoms with Crippen molar-refractivity contribution < 1.29 is 0 Å². The average Bonchev–Trinajstić information content (AvgIpc) is 2.16. The Bertz CT molecular complexity index is 147. The molecular formula is C12H26IN. The van der Waals surface area contributed by atoms with Crippen LogP contribution in [0.3, 0.4) is 0 Å². The van der Waals surface area contributed by atoms with Crippen LogP contribution in [-0.2, 0) is 0 Å². The lowest BCUT2D eigenvalue weighted by Gasteiger charge is -2.33. The van der Waals surface area contributed by atoms with Crippen LogP contribution >= 0.6 is 22.6 Å². The Morgan fingerprint density at radius 1 is 1.14 bits per heavy atom. The lowest BCUT2D eigenvalue weighted by molar-refractivity contribution is 0.303. The zero-order valence-corrected chi connectivity index (χ0v) is 12.6. The molecule has 0 bridgehead atoms. The van der Waals surface area contributed by atoms with Crippen LogP contribution in [0.1, 0.15) is 41.0 Å². The lowest BCUT2D eigenvalue weighted by atomic mass is 9.85. The summed E-state index contributed by atoms with van der Waals surface area (Å²) in [6.45, 7) is 11.6. The minimum absolute atomic E-state index is 0.651. The van der Waals surface area contributed by atoms with E-state index in [9.17, 15) is 0 Å². The second-order valence-corrected chi connectivity index (χ2v) is 6.19. The van der Waals surface area contributed by atoms with Crippen molar-refractivity contribution in [2.24, 2.45) is 17.8 Å². The van der Waals surface area contributed by atoms with Crippen molar-refractivity contribution in [1.29, 1.82) is 0 Å². The number of hydrogen-bond acceptors (Lipinski definition) is 1. The second kappa shape index (κ2) is 7.04. The molecule has 86 valence electrons. The van der Waals surface area contributed by atoms with Crippen LogP contribution in [-0.4, -0.2) is 17.0 Å². The van der Waals surface area contributed by atoms with Crippen LogP contribution in [0.15, 0.2) is 0 Å². The Kier molecular flexibility index (Phi) is 7.39. The van der Waals surface area contributed by atoms with E-state index in [1.807, 2.05) is 0 Å². The van der Waals surface area contributed by atoms with Crippen molar-refractivity contribution >= 4 is 22.6 Å². The van der Waals surface area contributed by atoms with Gasteiger partial charge in [-0.05, 0) is 24.8 Å². The molecule has 0 spiro atoms. The van der Waals surface area contributed by atoms with Gasteiger partial charge in [-0.25, -0.2) is 0 Å². The molecule has 0 aliphatic heterocycles. The molecule has 0 aliphatic carbocycles. The zero-order chi connectivity index (χ0) is 11.3. The van der Waals surface area contributed by atoms with Gasteiger partial charge < -0.3 is 5.32 Å². The van der Waals surface area contributed by atoms with E-state index in [0.717, 1.165) is 21.7 Å². The van der Waals surface area contributed by atoms with Crippen molar-refractivity contribution in [1.82, 2.24) is 5.32 Å². The van der Waals surface area contributed by atoms with E-state index in [0.29, 0.717) is 6.04 Å². The van der Waals surface area contributed by atoms with E-state index >= 15 is 0 Å². The molecular weight excluding hydrogens is 285 g/mol. The summed E-state index contributed by atoms with van der Waals surface area (Å²) < 4.78 is 0.729. The van der Waals surface area contributed by atoms with Crippen molar-refractivity contribution in [2.45, 2.75) is 51.0 Å². The number of nitrogens with one attached hydrogen (secondary N) is 1. The fraction of sp³-hybridized carbons (Fsp3) is 1.00. The molecule has 0 aromatic rings. The quantitative estimate of drug-likeness (QED) is 0.582. The van der Waals surface area contributed by atoms with Crippen LogP contribution in [0.4, 0.5) is 0 Å². The summed E-state index contributed by atoms with van der Waals surface area (Å²) in [5, 5.41) is 3.48. The molecule has 4 atom stereocenters. The maximum absolute atomic E-state index is 3.48. The van der Waals surface area contributed by atoms with E-state index in [1.54, 1.807) is 0 Å². The molecule has 0 aromatic carbocycles. The van der Waals surface area contributed by atoms with E-state index in [2.05, 4.69) is 69.6 Å². The molecule has 1 nitrogen and oxygen atoms in total. The van der Waals surface area contributed by atoms with Crippen LogP contribution < -0.4 is 5.32 Å². The van der Waals surface area contributed by atoms with Gasteiger partial charge in [-0.2, -0.15) is 0 Å². The van der Waals surface area contributed by atoms with Crippen molar-refractivity contribution in [3.05, 3.63) is 0 Å². The molecule has 0 saturated heterocycles. The molecule has 2 heteroatoms. The summed E-state index contributed by atoms with van der Waals surface area (Å²) in [6, 6.07) is 0.651. The maximum Gasteiger partial charge on any atom is 0.0294 e. The Morgan fingerprint density at radius 2 is 1.64 bits per heavy atom. The third kappa shape index (κ3) is 4.05. The second-order valence-electron chi connectivity index (χ2n) is 4.75. The van der Waals surface area contributed by atoms with Gasteiger partial charge in [-0.15, -0.1) is 0 Å². The summed E-state index contributed by atoms with van der Waals surface area (Å²) in [5.41, 5.74) is 0. The minimum atomic E-state index is 0.651. The molecule has 0 fully saturated rings. The molecule has 4 unspecified atom stereocenters. The first-order chi connectivity index (χ1) is 6.45. The highest BCUT2D eigenvalue weighted by Gasteiger charge is 2.28. The van der Waals surface area contributed by atoms with Crippen LogP contribution in [0.2, 0.25) is 0 Å². The third-order valence-electron chi connectivity index (χ3n) is 3.49. The molecule has 0 amide bonds. The fourth-order valence-corrected chi connectivity index (χ4v) is 3.61. The summed E-state index contributed by atoms with van der Waals surface area (Å²) in [5.74, 6) is 2.32. The monoisotopic (exact) mass is 311 g/mol. The van der Waals surface area contributed by atoms with Gasteiger partial charge in [0.05, 0.1) is 0 Å². The van der Waals surface area contributed by atoms with Gasteiger partial charge in [0.25, 0.3) is 0 Å². The van der Waals surface area contributed by atoms with Crippen molar-refractivity contribution in [3.8, 4) is 0 Å². The Hall–Kier alpha value is 0.690. The highest BCUT2D eigenvalue weighted by molar-refractivity contribution is 14.1. The van der Waals surface area contributed by atoms with E-state index in [1.165, 1.54) is 6.42 Å². The molecule has 0 rings (SSSR count). The SMILES string of the molecule is CCC(C)C(NC)C(I)C(C)C(C)C. The van der Waals surface area contributed by atoms with Crippen LogP contribution in [0.5, 0.6) is 0 Å². The van der Waals surface area contributed by atoms with Crippen molar-refractivity contribution in [3.63, 3.8) is 0 Å². The molecule has 0 radical (unpaired) electrons. The van der Waals surface area contributed by atoms with Gasteiger partial charge in [0.1, 0.15) is 0 Å². The molecule has 0 aliphatic rings. The smallest absolute Gasteiger partial charge is 0.0294 e. The van der Waals surface area contributed by atoms with Gasteiger partial charge in [0, 0.05) is 9.97 Å². The topological polar surface area (TPSA) is 12.0 Å². The van der Waals surface area contributed by atoms with Gasteiger partial charge >= 0.3 is 0 Å². The average molecular weight is 311 g/mol. The highest BCUT2D eigenvalue weighted by Crippen LogP contribution is 2.28. The lowest BCUT2D eigenvalue weighted by Crippen LogP contribution is -2.43. The largest absolute Gasteiger partial charge is 0.316 e. The first kappa shape index (κ1) is 14.7. The summed E-state index contributed by atoms with van der Waals surface area (Å²) in [4.78, 5) is 0. The fourth-order valence-electron chi connectivity index (χ4n) is 1.71. The summed E-state index contributed by atoms with van der Waals surface area (Å²) in [6.07, 6.45) is 1.26. The van der Waals surface area contributed by atoms with E-state index in [-0.39, 0.29) is 0 Å². The predicted octanol–water partition coefficient (Wildman–Crippen LogP) is 3.72. The number of hydrogen-bond donors (Lipinski definition) is 1. The zero-order valence-electron chi connectivity index (χ0n) is 10.5. The number of rotatable bonds is 6. The summed E-state index contributed by atoms with van der Waals surface area (Å²) >= 11 is 2.62.